The molecule has 0 aliphatic heterocycles. The summed E-state index contributed by atoms with van der Waals surface area (Å²) in [5, 5.41) is 10.8. The lowest BCUT2D eigenvalue weighted by Gasteiger charge is -2.57. The minimum absolute atomic E-state index is 0.290. The van der Waals surface area contributed by atoms with Crippen molar-refractivity contribution in [3.8, 4) is 0 Å². The van der Waals surface area contributed by atoms with Crippen molar-refractivity contribution in [3.63, 3.8) is 0 Å². The molecule has 4 saturated carbocycles. The second-order valence-corrected chi connectivity index (χ2v) is 10.0. The Bertz CT molecular complexity index is 514. The van der Waals surface area contributed by atoms with Crippen LogP contribution in [0.3, 0.4) is 0 Å². The molecule has 2 nitrogen and oxygen atoms in total. The van der Waals surface area contributed by atoms with Gasteiger partial charge in [-0.1, -0.05) is 13.8 Å². The molecule has 24 heavy (non-hydrogen) atoms. The van der Waals surface area contributed by atoms with E-state index >= 15 is 0 Å². The third kappa shape index (κ3) is 2.42. The fourth-order valence-corrected chi connectivity index (χ4v) is 7.95. The first-order valence-electron chi connectivity index (χ1n) is 10.6. The Morgan fingerprint density at radius 1 is 1.00 bits per heavy atom. The topological polar surface area (TPSA) is 37.3 Å². The van der Waals surface area contributed by atoms with Gasteiger partial charge in [-0.05, 0) is 106 Å². The van der Waals surface area contributed by atoms with Crippen LogP contribution < -0.4 is 0 Å². The number of fused-ring (bicyclic) bond motifs is 5. The molecule has 4 aliphatic rings. The number of hydrogen-bond acceptors (Lipinski definition) is 2. The third-order valence-electron chi connectivity index (χ3n) is 9.25. The van der Waals surface area contributed by atoms with Crippen molar-refractivity contribution in [3.05, 3.63) is 0 Å². The smallest absolute Gasteiger partial charge is 0.133 e. The summed E-state index contributed by atoms with van der Waals surface area (Å²) in [5.41, 5.74) is -0.0804. The van der Waals surface area contributed by atoms with Crippen LogP contribution >= 0.6 is 0 Å². The van der Waals surface area contributed by atoms with E-state index < -0.39 is 0 Å². The minimum Gasteiger partial charge on any atom is -0.390 e. The zero-order valence-corrected chi connectivity index (χ0v) is 15.9. The average Bonchev–Trinajstić information content (AvgIpc) is 2.91. The molecule has 0 bridgehead atoms. The highest BCUT2D eigenvalue weighted by atomic mass is 16.3. The number of carbonyl (C=O) groups excluding carboxylic acids is 1. The zero-order valence-electron chi connectivity index (χ0n) is 15.9. The molecule has 0 aromatic rings. The summed E-state index contributed by atoms with van der Waals surface area (Å²) in [6.45, 7) is 6.42. The van der Waals surface area contributed by atoms with Gasteiger partial charge >= 0.3 is 0 Å². The van der Waals surface area contributed by atoms with Gasteiger partial charge in [0.15, 0.2) is 0 Å². The maximum atomic E-state index is 12.2. The Morgan fingerprint density at radius 2 is 1.75 bits per heavy atom. The average molecular weight is 333 g/mol. The van der Waals surface area contributed by atoms with E-state index in [1.54, 1.807) is 0 Å². The van der Waals surface area contributed by atoms with Gasteiger partial charge in [0.2, 0.25) is 0 Å². The first kappa shape index (κ1) is 17.1. The van der Waals surface area contributed by atoms with E-state index in [1.807, 2.05) is 6.92 Å². The van der Waals surface area contributed by atoms with Crippen LogP contribution in [0.4, 0.5) is 0 Å². The van der Waals surface area contributed by atoms with Gasteiger partial charge in [0.25, 0.3) is 0 Å². The van der Waals surface area contributed by atoms with Crippen molar-refractivity contribution in [1.82, 2.24) is 0 Å². The number of aliphatic hydroxyl groups is 1. The van der Waals surface area contributed by atoms with E-state index in [0.29, 0.717) is 17.1 Å². The molecule has 4 fully saturated rings. The van der Waals surface area contributed by atoms with Crippen molar-refractivity contribution in [1.29, 1.82) is 0 Å². The lowest BCUT2D eigenvalue weighted by molar-refractivity contribution is -0.131. The van der Waals surface area contributed by atoms with Crippen molar-refractivity contribution in [2.45, 2.75) is 90.6 Å². The van der Waals surface area contributed by atoms with Crippen LogP contribution in [0.25, 0.3) is 0 Å². The summed E-state index contributed by atoms with van der Waals surface area (Å²) < 4.78 is 0. The van der Waals surface area contributed by atoms with Gasteiger partial charge in [-0.15, -0.1) is 0 Å². The molecule has 4 rings (SSSR count). The van der Waals surface area contributed by atoms with Crippen LogP contribution in [0, 0.1) is 40.9 Å². The number of Topliss-reactive ketones (excluding diaryl/α,β-unsaturated/α-hetero) is 1. The second kappa shape index (κ2) is 5.83. The van der Waals surface area contributed by atoms with Gasteiger partial charge in [0.1, 0.15) is 5.78 Å². The predicted octanol–water partition coefficient (Wildman–Crippen LogP) is 4.99. The third-order valence-corrected chi connectivity index (χ3v) is 9.25. The van der Waals surface area contributed by atoms with Gasteiger partial charge in [-0.2, -0.15) is 0 Å². The highest BCUT2D eigenvalue weighted by Crippen LogP contribution is 2.64. The fourth-order valence-electron chi connectivity index (χ4n) is 7.95. The largest absolute Gasteiger partial charge is 0.390 e. The maximum absolute atomic E-state index is 12.2. The Hall–Kier alpha value is -0.370. The van der Waals surface area contributed by atoms with E-state index in [1.165, 1.54) is 38.5 Å². The van der Waals surface area contributed by atoms with E-state index in [-0.39, 0.29) is 5.60 Å². The van der Waals surface area contributed by atoms with Crippen molar-refractivity contribution in [2.75, 3.05) is 0 Å². The van der Waals surface area contributed by atoms with E-state index in [0.717, 1.165) is 55.3 Å². The minimum atomic E-state index is -0.371. The maximum Gasteiger partial charge on any atom is 0.133 e. The van der Waals surface area contributed by atoms with Crippen molar-refractivity contribution >= 4 is 5.78 Å². The highest BCUT2D eigenvalue weighted by Gasteiger charge is 2.58. The van der Waals surface area contributed by atoms with Crippen molar-refractivity contribution in [2.24, 2.45) is 40.9 Å². The molecule has 4 aliphatic carbocycles. The molecule has 2 heteroatoms. The Kier molecular flexibility index (Phi) is 4.14. The lowest BCUT2D eigenvalue weighted by atomic mass is 9.48. The van der Waals surface area contributed by atoms with E-state index in [4.69, 9.17) is 0 Å². The van der Waals surface area contributed by atoms with Crippen LogP contribution in [0.15, 0.2) is 0 Å². The second-order valence-electron chi connectivity index (χ2n) is 10.0. The molecule has 0 saturated heterocycles. The van der Waals surface area contributed by atoms with Gasteiger partial charge < -0.3 is 5.11 Å². The highest BCUT2D eigenvalue weighted by molar-refractivity contribution is 5.79. The number of rotatable bonds is 2. The summed E-state index contributed by atoms with van der Waals surface area (Å²) in [6.07, 6.45) is 12.0. The first-order valence-corrected chi connectivity index (χ1v) is 10.6. The Labute approximate surface area is 147 Å². The van der Waals surface area contributed by atoms with Gasteiger partial charge in [-0.25, -0.2) is 0 Å². The van der Waals surface area contributed by atoms with Gasteiger partial charge in [0, 0.05) is 5.92 Å². The first-order chi connectivity index (χ1) is 11.4. The van der Waals surface area contributed by atoms with Crippen LogP contribution in [-0.4, -0.2) is 16.5 Å². The summed E-state index contributed by atoms with van der Waals surface area (Å²) in [5.74, 6) is 4.93. The number of ketones is 1. The molecule has 0 aromatic heterocycles. The Balaban J connectivity index is 1.54. The molecular formula is C22H36O2. The number of carbonyl (C=O) groups is 1. The quantitative estimate of drug-likeness (QED) is 0.774. The molecule has 8 atom stereocenters. The molecule has 0 aromatic carbocycles. The summed E-state index contributed by atoms with van der Waals surface area (Å²) in [4.78, 5) is 12.2. The van der Waals surface area contributed by atoms with E-state index in [9.17, 15) is 9.90 Å². The standard InChI is InChI=1S/C22H36O2/c1-4-22(24)12-10-16-15(13-22)5-6-18-17(16)9-11-21(3)19(14(2)23)7-8-20(18)21/h15-20,24H,4-13H2,1-3H3/t15-,16+,17-,18-,19-,20+,21-,22-/m1/s1. The Morgan fingerprint density at radius 3 is 2.46 bits per heavy atom. The molecule has 0 spiro atoms. The monoisotopic (exact) mass is 332 g/mol. The molecule has 0 amide bonds. The summed E-state index contributed by atoms with van der Waals surface area (Å²) in [6, 6.07) is 0. The van der Waals surface area contributed by atoms with Crippen LogP contribution in [0.5, 0.6) is 0 Å². The summed E-state index contributed by atoms with van der Waals surface area (Å²) in [7, 11) is 0. The van der Waals surface area contributed by atoms with Crippen molar-refractivity contribution < 1.29 is 9.90 Å². The van der Waals surface area contributed by atoms with Crippen LogP contribution in [-0.2, 0) is 4.79 Å². The molecule has 1 N–H and O–H groups in total. The van der Waals surface area contributed by atoms with Gasteiger partial charge in [0.05, 0.1) is 5.60 Å². The molecule has 0 heterocycles. The SMILES string of the molecule is CC[C@@]1(O)CC[C@H]2[C@H](CC[C@@H]3[C@@H]2CC[C@]2(C)[C@@H](C(C)=O)CC[C@@H]32)C1. The van der Waals surface area contributed by atoms with Crippen LogP contribution in [0.2, 0.25) is 0 Å². The predicted molar refractivity (Wildman–Crippen MR) is 96.5 cm³/mol. The van der Waals surface area contributed by atoms with E-state index in [2.05, 4.69) is 13.8 Å². The molecular weight excluding hydrogens is 296 g/mol. The molecule has 136 valence electrons. The number of hydrogen-bond donors (Lipinski definition) is 1. The normalized spacial score (nSPS) is 53.8. The fraction of sp³-hybridized carbons (Fsp3) is 0.955. The van der Waals surface area contributed by atoms with Crippen LogP contribution in [0.1, 0.15) is 85.0 Å². The molecule has 0 radical (unpaired) electrons. The summed E-state index contributed by atoms with van der Waals surface area (Å²) >= 11 is 0. The zero-order chi connectivity index (χ0) is 17.1. The molecule has 0 unspecified atom stereocenters. The van der Waals surface area contributed by atoms with Gasteiger partial charge in [-0.3, -0.25) is 4.79 Å². The lowest BCUT2D eigenvalue weighted by Crippen LogP contribution is -2.51.